The molecular formula is C20H20FN3O4S. The molecule has 1 N–H and O–H groups in total. The molecule has 0 radical (unpaired) electrons. The molecule has 2 unspecified atom stereocenters. The summed E-state index contributed by atoms with van der Waals surface area (Å²) in [4.78, 5) is 37.0. The van der Waals surface area contributed by atoms with Crippen LogP contribution in [-0.4, -0.2) is 40.8 Å². The molecular weight excluding hydrogens is 397 g/mol. The van der Waals surface area contributed by atoms with Gasteiger partial charge in [-0.3, -0.25) is 19.7 Å². The van der Waals surface area contributed by atoms with Gasteiger partial charge in [0.25, 0.3) is 5.91 Å². The fourth-order valence-electron chi connectivity index (χ4n) is 3.18. The van der Waals surface area contributed by atoms with Crippen LogP contribution in [0.3, 0.4) is 0 Å². The fraction of sp³-hybridized carbons (Fsp3) is 0.300. The maximum absolute atomic E-state index is 13.8. The summed E-state index contributed by atoms with van der Waals surface area (Å²) < 4.78 is 13.8. The molecule has 2 heterocycles. The van der Waals surface area contributed by atoms with Crippen LogP contribution in [0.15, 0.2) is 47.9 Å². The molecule has 0 spiro atoms. The predicted molar refractivity (Wildman–Crippen MR) is 107 cm³/mol. The first-order valence-electron chi connectivity index (χ1n) is 9.07. The largest absolute Gasteiger partial charge is 0.344 e. The van der Waals surface area contributed by atoms with E-state index < -0.39 is 22.8 Å². The number of halogens is 1. The molecule has 152 valence electrons. The van der Waals surface area contributed by atoms with Crippen LogP contribution in [0.1, 0.15) is 22.8 Å². The van der Waals surface area contributed by atoms with Gasteiger partial charge in [-0.2, -0.15) is 0 Å². The first-order chi connectivity index (χ1) is 13.8. The number of carbonyl (C=O) groups excluding carboxylic acids is 2. The maximum Gasteiger partial charge on any atom is 0.324 e. The Morgan fingerprint density at radius 3 is 2.86 bits per heavy atom. The summed E-state index contributed by atoms with van der Waals surface area (Å²) in [5.41, 5.74) is 0.705. The number of thiophene rings is 1. The van der Waals surface area contributed by atoms with Gasteiger partial charge in [0.2, 0.25) is 5.91 Å². The van der Waals surface area contributed by atoms with Crippen molar-refractivity contribution in [1.29, 1.82) is 0 Å². The molecule has 0 fully saturated rings. The second-order valence-electron chi connectivity index (χ2n) is 6.88. The minimum atomic E-state index is -0.542. The zero-order valence-corrected chi connectivity index (χ0v) is 16.5. The molecule has 7 nitrogen and oxygen atoms in total. The van der Waals surface area contributed by atoms with Crippen LogP contribution in [0.25, 0.3) is 0 Å². The fourth-order valence-corrected chi connectivity index (χ4v) is 3.89. The SMILES string of the molecule is CC(Cc1ccccc1F)C(=O)N1CC=CC(NC(=O)c2csc([N+](=O)[O-])c2)C1. The zero-order valence-electron chi connectivity index (χ0n) is 15.7. The number of benzene rings is 1. The lowest BCUT2D eigenvalue weighted by molar-refractivity contribution is -0.380. The Bertz CT molecular complexity index is 959. The van der Waals surface area contributed by atoms with Gasteiger partial charge in [-0.1, -0.05) is 48.6 Å². The number of nitrogens with zero attached hydrogens (tertiary/aromatic N) is 2. The average Bonchev–Trinajstić information content (AvgIpc) is 3.20. The third-order valence-corrected chi connectivity index (χ3v) is 5.55. The van der Waals surface area contributed by atoms with Crippen molar-refractivity contribution in [3.05, 3.63) is 74.9 Å². The molecule has 0 saturated heterocycles. The van der Waals surface area contributed by atoms with Crippen molar-refractivity contribution in [2.24, 2.45) is 5.92 Å². The van der Waals surface area contributed by atoms with Gasteiger partial charge in [0.1, 0.15) is 5.82 Å². The van der Waals surface area contributed by atoms with E-state index in [9.17, 15) is 24.1 Å². The second-order valence-corrected chi connectivity index (χ2v) is 7.77. The summed E-state index contributed by atoms with van der Waals surface area (Å²) in [5, 5.41) is 14.9. The number of carbonyl (C=O) groups is 2. The van der Waals surface area contributed by atoms with E-state index in [0.29, 0.717) is 18.5 Å². The molecule has 0 saturated carbocycles. The third-order valence-electron chi connectivity index (χ3n) is 4.67. The third kappa shape index (κ3) is 5.05. The Morgan fingerprint density at radius 2 is 2.17 bits per heavy atom. The molecule has 0 bridgehead atoms. The molecule has 9 heteroatoms. The van der Waals surface area contributed by atoms with E-state index in [4.69, 9.17) is 0 Å². The van der Waals surface area contributed by atoms with Crippen LogP contribution in [-0.2, 0) is 11.2 Å². The van der Waals surface area contributed by atoms with E-state index in [0.717, 1.165) is 11.3 Å². The minimum absolute atomic E-state index is 0.104. The minimum Gasteiger partial charge on any atom is -0.344 e. The van der Waals surface area contributed by atoms with Crippen molar-refractivity contribution in [3.63, 3.8) is 0 Å². The highest BCUT2D eigenvalue weighted by Gasteiger charge is 2.26. The lowest BCUT2D eigenvalue weighted by atomic mass is 9.98. The Kier molecular flexibility index (Phi) is 6.38. The maximum atomic E-state index is 13.8. The summed E-state index contributed by atoms with van der Waals surface area (Å²) in [5.74, 6) is -1.30. The van der Waals surface area contributed by atoms with Gasteiger partial charge >= 0.3 is 5.00 Å². The van der Waals surface area contributed by atoms with E-state index in [1.807, 2.05) is 0 Å². The van der Waals surface area contributed by atoms with Crippen molar-refractivity contribution in [1.82, 2.24) is 10.2 Å². The molecule has 1 aliphatic rings. The molecule has 0 aliphatic carbocycles. The molecule has 1 aromatic heterocycles. The Balaban J connectivity index is 1.59. The van der Waals surface area contributed by atoms with E-state index in [1.165, 1.54) is 17.5 Å². The van der Waals surface area contributed by atoms with Crippen LogP contribution in [0.2, 0.25) is 0 Å². The molecule has 1 aromatic carbocycles. The standard InChI is InChI=1S/C20H20FN3O4S/c1-13(9-14-5-2-3-7-17(14)21)20(26)23-8-4-6-16(11-23)22-19(25)15-10-18(24(27)28)29-12-15/h2-7,10,12-13,16H,8-9,11H2,1H3,(H,22,25). The van der Waals surface area contributed by atoms with Crippen molar-refractivity contribution < 1.29 is 18.9 Å². The van der Waals surface area contributed by atoms with E-state index in [2.05, 4.69) is 5.32 Å². The number of hydrogen-bond acceptors (Lipinski definition) is 5. The summed E-state index contributed by atoms with van der Waals surface area (Å²) in [7, 11) is 0. The van der Waals surface area contributed by atoms with Crippen LogP contribution >= 0.6 is 11.3 Å². The molecule has 2 atom stereocenters. The normalized spacial score (nSPS) is 17.0. The molecule has 2 amide bonds. The Hall–Kier alpha value is -3.07. The van der Waals surface area contributed by atoms with Gasteiger partial charge in [-0.15, -0.1) is 0 Å². The van der Waals surface area contributed by atoms with Crippen LogP contribution < -0.4 is 5.32 Å². The molecule has 29 heavy (non-hydrogen) atoms. The highest BCUT2D eigenvalue weighted by Crippen LogP contribution is 2.23. The second kappa shape index (κ2) is 8.95. The van der Waals surface area contributed by atoms with Gasteiger partial charge in [0.15, 0.2) is 0 Å². The number of amides is 2. The topological polar surface area (TPSA) is 92.6 Å². The Labute approximate surface area is 171 Å². The molecule has 3 rings (SSSR count). The number of rotatable bonds is 6. The Morgan fingerprint density at radius 1 is 1.41 bits per heavy atom. The summed E-state index contributed by atoms with van der Waals surface area (Å²) in [6, 6.07) is 7.20. The van der Waals surface area contributed by atoms with Crippen molar-refractivity contribution >= 4 is 28.2 Å². The number of hydrogen-bond donors (Lipinski definition) is 1. The first kappa shape index (κ1) is 20.7. The quantitative estimate of drug-likeness (QED) is 0.444. The van der Waals surface area contributed by atoms with E-state index in [-0.39, 0.29) is 28.8 Å². The van der Waals surface area contributed by atoms with Crippen LogP contribution in [0.4, 0.5) is 9.39 Å². The smallest absolute Gasteiger partial charge is 0.324 e. The van der Waals surface area contributed by atoms with Crippen molar-refractivity contribution in [3.8, 4) is 0 Å². The lowest BCUT2D eigenvalue weighted by Crippen LogP contribution is -2.48. The van der Waals surface area contributed by atoms with Crippen LogP contribution in [0, 0.1) is 21.8 Å². The van der Waals surface area contributed by atoms with Gasteiger partial charge in [0.05, 0.1) is 16.5 Å². The molecule has 2 aromatic rings. The highest BCUT2D eigenvalue weighted by molar-refractivity contribution is 7.13. The average molecular weight is 417 g/mol. The molecule has 1 aliphatic heterocycles. The van der Waals surface area contributed by atoms with Gasteiger partial charge in [-0.05, 0) is 18.1 Å². The van der Waals surface area contributed by atoms with Gasteiger partial charge in [-0.25, -0.2) is 4.39 Å². The predicted octanol–water partition coefficient (Wildman–Crippen LogP) is 3.17. The lowest BCUT2D eigenvalue weighted by Gasteiger charge is -2.31. The highest BCUT2D eigenvalue weighted by atomic mass is 32.1. The van der Waals surface area contributed by atoms with Crippen LogP contribution in [0.5, 0.6) is 0 Å². The zero-order chi connectivity index (χ0) is 21.0. The van der Waals surface area contributed by atoms with E-state index >= 15 is 0 Å². The number of nitrogens with one attached hydrogen (secondary N) is 1. The monoisotopic (exact) mass is 417 g/mol. The number of nitro groups is 1. The summed E-state index contributed by atoms with van der Waals surface area (Å²) in [6.45, 7) is 2.46. The van der Waals surface area contributed by atoms with Gasteiger partial charge in [0, 0.05) is 30.5 Å². The summed E-state index contributed by atoms with van der Waals surface area (Å²) >= 11 is 0.886. The van der Waals surface area contributed by atoms with Crippen molar-refractivity contribution in [2.45, 2.75) is 19.4 Å². The first-order valence-corrected chi connectivity index (χ1v) is 9.95. The summed E-state index contributed by atoms with van der Waals surface area (Å²) in [6.07, 6.45) is 3.88. The van der Waals surface area contributed by atoms with Crippen molar-refractivity contribution in [2.75, 3.05) is 13.1 Å². The van der Waals surface area contributed by atoms with Gasteiger partial charge < -0.3 is 10.2 Å². The van der Waals surface area contributed by atoms with E-state index in [1.54, 1.807) is 42.2 Å².